The van der Waals surface area contributed by atoms with Gasteiger partial charge in [-0.25, -0.2) is 0 Å². The summed E-state index contributed by atoms with van der Waals surface area (Å²) in [5, 5.41) is 3.11. The molecule has 122 valence electrons. The molecule has 4 saturated carbocycles. The fourth-order valence-corrected chi connectivity index (χ4v) is 6.13. The monoisotopic (exact) mass is 309 g/mol. The molecule has 2 atom stereocenters. The van der Waals surface area contributed by atoms with Gasteiger partial charge in [0.1, 0.15) is 0 Å². The lowest BCUT2D eigenvalue weighted by molar-refractivity contribution is -0.148. The van der Waals surface area contributed by atoms with E-state index < -0.39 is 0 Å². The van der Waals surface area contributed by atoms with Crippen molar-refractivity contribution in [1.29, 1.82) is 0 Å². The van der Waals surface area contributed by atoms with E-state index in [1.807, 2.05) is 0 Å². The Morgan fingerprint density at radius 3 is 2.48 bits per heavy atom. The summed E-state index contributed by atoms with van der Waals surface area (Å²) in [6.45, 7) is 6.47. The molecular weight excluding hydrogens is 282 g/mol. The van der Waals surface area contributed by atoms with E-state index in [-0.39, 0.29) is 16.7 Å². The molecule has 4 aliphatic rings. The van der Waals surface area contributed by atoms with E-state index in [1.165, 1.54) is 30.4 Å². The van der Waals surface area contributed by atoms with Gasteiger partial charge < -0.3 is 5.32 Å². The molecule has 0 spiro atoms. The summed E-state index contributed by atoms with van der Waals surface area (Å²) in [6, 6.07) is 9.10. The van der Waals surface area contributed by atoms with Crippen molar-refractivity contribution in [3.05, 3.63) is 48.0 Å². The summed E-state index contributed by atoms with van der Waals surface area (Å²) >= 11 is 0. The first-order chi connectivity index (χ1) is 11.1. The Morgan fingerprint density at radius 1 is 1.22 bits per heavy atom. The molecule has 2 heteroatoms. The van der Waals surface area contributed by atoms with Crippen LogP contribution >= 0.6 is 0 Å². The summed E-state index contributed by atoms with van der Waals surface area (Å²) < 4.78 is 0. The van der Waals surface area contributed by atoms with Crippen LogP contribution in [-0.4, -0.2) is 12.5 Å². The second kappa shape index (κ2) is 5.22. The van der Waals surface area contributed by atoms with Crippen LogP contribution in [0.4, 0.5) is 0 Å². The zero-order chi connectivity index (χ0) is 16.1. The number of carbonyl (C=O) groups excluding carboxylic acids is 1. The van der Waals surface area contributed by atoms with Gasteiger partial charge in [0, 0.05) is 6.54 Å². The third kappa shape index (κ3) is 2.34. The molecule has 0 aliphatic heterocycles. The second-order valence-electron chi connectivity index (χ2n) is 8.39. The molecule has 4 aliphatic carbocycles. The zero-order valence-corrected chi connectivity index (χ0v) is 14.1. The van der Waals surface area contributed by atoms with Gasteiger partial charge in [-0.05, 0) is 68.3 Å². The van der Waals surface area contributed by atoms with Crippen molar-refractivity contribution < 1.29 is 4.79 Å². The molecule has 1 N–H and O–H groups in total. The molecule has 0 saturated heterocycles. The van der Waals surface area contributed by atoms with E-state index in [0.717, 1.165) is 31.1 Å². The van der Waals surface area contributed by atoms with Crippen molar-refractivity contribution >= 4 is 5.91 Å². The quantitative estimate of drug-likeness (QED) is 0.832. The lowest BCUT2D eigenvalue weighted by Crippen LogP contribution is -2.59. The zero-order valence-electron chi connectivity index (χ0n) is 14.1. The van der Waals surface area contributed by atoms with Crippen LogP contribution in [0.1, 0.15) is 49.7 Å². The van der Waals surface area contributed by atoms with Gasteiger partial charge in [-0.3, -0.25) is 4.79 Å². The second-order valence-corrected chi connectivity index (χ2v) is 8.39. The van der Waals surface area contributed by atoms with Gasteiger partial charge in [-0.1, -0.05) is 35.9 Å². The molecule has 0 radical (unpaired) electrons. The molecule has 1 aromatic rings. The van der Waals surface area contributed by atoms with E-state index in [0.29, 0.717) is 6.54 Å². The Bertz CT molecular complexity index is 616. The highest BCUT2D eigenvalue weighted by atomic mass is 16.2. The maximum atomic E-state index is 12.9. The molecule has 23 heavy (non-hydrogen) atoms. The van der Waals surface area contributed by atoms with Crippen LogP contribution in [0.3, 0.4) is 0 Å². The van der Waals surface area contributed by atoms with Crippen molar-refractivity contribution in [2.75, 3.05) is 6.54 Å². The van der Waals surface area contributed by atoms with Crippen molar-refractivity contribution in [2.45, 2.75) is 50.9 Å². The number of carbonyl (C=O) groups is 1. The van der Waals surface area contributed by atoms with E-state index in [9.17, 15) is 4.79 Å². The Morgan fingerprint density at radius 2 is 1.87 bits per heavy atom. The van der Waals surface area contributed by atoms with Crippen molar-refractivity contribution in [2.24, 2.45) is 17.3 Å². The normalized spacial score (nSPS) is 37.6. The van der Waals surface area contributed by atoms with Crippen LogP contribution in [0.25, 0.3) is 0 Å². The summed E-state index contributed by atoms with van der Waals surface area (Å²) in [5.74, 6) is 1.74. The molecule has 4 fully saturated rings. The average Bonchev–Trinajstić information content (AvgIpc) is 2.51. The molecule has 0 heterocycles. The van der Waals surface area contributed by atoms with Crippen LogP contribution in [-0.2, 0) is 10.2 Å². The Kier molecular flexibility index (Phi) is 3.40. The summed E-state index contributed by atoms with van der Waals surface area (Å²) in [5.41, 5.74) is 2.90. The Hall–Kier alpha value is -1.57. The lowest BCUT2D eigenvalue weighted by atomic mass is 9.42. The number of hydrogen-bond acceptors (Lipinski definition) is 1. The number of nitrogens with one attached hydrogen (secondary N) is 1. The van der Waals surface area contributed by atoms with Gasteiger partial charge in [-0.15, -0.1) is 6.58 Å². The Balaban J connectivity index is 1.69. The van der Waals surface area contributed by atoms with Gasteiger partial charge in [0.05, 0.1) is 5.41 Å². The van der Waals surface area contributed by atoms with Gasteiger partial charge in [0.2, 0.25) is 5.91 Å². The number of benzene rings is 1. The standard InChI is InChI=1S/C21H27NO/c1-3-8-22-19(23)21-12-16-9-17(13-21)11-20(10-16,14-21)18-6-4-15(2)5-7-18/h3-7,16-17H,1,8-14H2,2H3,(H,22,23). The van der Waals surface area contributed by atoms with Crippen LogP contribution < -0.4 is 5.32 Å². The molecular formula is C21H27NO. The minimum atomic E-state index is -0.127. The third-order valence-electron chi connectivity index (χ3n) is 6.61. The van der Waals surface area contributed by atoms with Gasteiger partial charge >= 0.3 is 0 Å². The fourth-order valence-electron chi connectivity index (χ4n) is 6.13. The van der Waals surface area contributed by atoms with E-state index in [4.69, 9.17) is 0 Å². The van der Waals surface area contributed by atoms with Gasteiger partial charge in [0.15, 0.2) is 0 Å². The molecule has 5 rings (SSSR count). The topological polar surface area (TPSA) is 29.1 Å². The summed E-state index contributed by atoms with van der Waals surface area (Å²) in [7, 11) is 0. The Labute approximate surface area is 139 Å². The van der Waals surface area contributed by atoms with E-state index in [1.54, 1.807) is 6.08 Å². The largest absolute Gasteiger partial charge is 0.352 e. The highest BCUT2D eigenvalue weighted by molar-refractivity contribution is 5.83. The molecule has 2 unspecified atom stereocenters. The number of aryl methyl sites for hydroxylation is 1. The average molecular weight is 309 g/mol. The van der Waals surface area contributed by atoms with E-state index >= 15 is 0 Å². The SMILES string of the molecule is C=CCNC(=O)C12CC3CC(C1)CC(c1ccc(C)cc1)(C3)C2. The maximum Gasteiger partial charge on any atom is 0.226 e. The molecule has 0 aromatic heterocycles. The first kappa shape index (κ1) is 15.0. The van der Waals surface area contributed by atoms with Crippen molar-refractivity contribution in [3.8, 4) is 0 Å². The first-order valence-electron chi connectivity index (χ1n) is 9.02. The molecule has 2 nitrogen and oxygen atoms in total. The molecule has 4 bridgehead atoms. The number of rotatable bonds is 4. The third-order valence-corrected chi connectivity index (χ3v) is 6.61. The van der Waals surface area contributed by atoms with Crippen LogP contribution in [0.15, 0.2) is 36.9 Å². The minimum Gasteiger partial charge on any atom is -0.352 e. The summed E-state index contributed by atoms with van der Waals surface area (Å²) in [6.07, 6.45) is 8.92. The molecule has 1 aromatic carbocycles. The number of amides is 1. The van der Waals surface area contributed by atoms with Crippen molar-refractivity contribution in [3.63, 3.8) is 0 Å². The highest BCUT2D eigenvalue weighted by Gasteiger charge is 2.60. The van der Waals surface area contributed by atoms with Gasteiger partial charge in [0.25, 0.3) is 0 Å². The maximum absolute atomic E-state index is 12.9. The predicted molar refractivity (Wildman–Crippen MR) is 93.2 cm³/mol. The smallest absolute Gasteiger partial charge is 0.226 e. The first-order valence-corrected chi connectivity index (χ1v) is 9.02. The highest BCUT2D eigenvalue weighted by Crippen LogP contribution is 2.65. The van der Waals surface area contributed by atoms with Gasteiger partial charge in [-0.2, -0.15) is 0 Å². The lowest BCUT2D eigenvalue weighted by Gasteiger charge is -2.61. The van der Waals surface area contributed by atoms with Crippen LogP contribution in [0.5, 0.6) is 0 Å². The molecule has 1 amide bonds. The summed E-state index contributed by atoms with van der Waals surface area (Å²) in [4.78, 5) is 12.9. The van der Waals surface area contributed by atoms with Crippen molar-refractivity contribution in [1.82, 2.24) is 5.32 Å². The number of hydrogen-bond donors (Lipinski definition) is 1. The predicted octanol–water partition coefficient (Wildman–Crippen LogP) is 4.14. The van der Waals surface area contributed by atoms with Crippen LogP contribution in [0.2, 0.25) is 0 Å². The fraction of sp³-hybridized carbons (Fsp3) is 0.571. The minimum absolute atomic E-state index is 0.127. The van der Waals surface area contributed by atoms with Crippen LogP contribution in [0, 0.1) is 24.2 Å². The van der Waals surface area contributed by atoms with E-state index in [2.05, 4.69) is 43.1 Å².